The van der Waals surface area contributed by atoms with Crippen molar-refractivity contribution in [1.82, 2.24) is 10.2 Å². The van der Waals surface area contributed by atoms with Crippen molar-refractivity contribution in [3.05, 3.63) is 59.2 Å². The molecule has 4 rings (SSSR count). The first-order valence-electron chi connectivity index (χ1n) is 14.0. The molecule has 1 aliphatic carbocycles. The van der Waals surface area contributed by atoms with Crippen molar-refractivity contribution in [3.8, 4) is 0 Å². The third-order valence-electron chi connectivity index (χ3n) is 7.54. The first kappa shape index (κ1) is 28.5. The number of benzene rings is 1. The number of nitrogens with one attached hydrogen (secondary N) is 1. The van der Waals surface area contributed by atoms with Crippen molar-refractivity contribution in [3.63, 3.8) is 0 Å². The molecule has 7 nitrogen and oxygen atoms in total. The Bertz CT molecular complexity index is 1040. The highest BCUT2D eigenvalue weighted by atomic mass is 19.1. The molecule has 38 heavy (non-hydrogen) atoms. The Morgan fingerprint density at radius 2 is 2.18 bits per heavy atom. The highest BCUT2D eigenvalue weighted by Crippen LogP contribution is 2.32. The van der Waals surface area contributed by atoms with Gasteiger partial charge in [-0.15, -0.1) is 0 Å². The number of likely N-dealkylation sites (tertiary alicyclic amines) is 1. The van der Waals surface area contributed by atoms with Gasteiger partial charge in [-0.25, -0.2) is 9.38 Å². The molecule has 0 bridgehead atoms. The second-order valence-electron chi connectivity index (χ2n) is 10.7. The van der Waals surface area contributed by atoms with Crippen LogP contribution in [0.3, 0.4) is 0 Å². The number of aliphatic imine (C=N–C) groups is 1. The SMILES string of the molecule is C=CC1=C(/N=C(\C)CCCCO[C@@H]2CCN(C(C(=O)O)c3cc(F)ccc3COCC3CC3)C2)NCCC1. The Morgan fingerprint density at radius 3 is 2.95 bits per heavy atom. The van der Waals surface area contributed by atoms with Crippen LogP contribution in [0.4, 0.5) is 4.39 Å². The van der Waals surface area contributed by atoms with E-state index in [1.807, 2.05) is 11.0 Å². The van der Waals surface area contributed by atoms with Gasteiger partial charge in [0, 0.05) is 38.6 Å². The molecule has 0 spiro atoms. The van der Waals surface area contributed by atoms with Gasteiger partial charge in [-0.2, -0.15) is 0 Å². The van der Waals surface area contributed by atoms with Crippen LogP contribution in [-0.4, -0.2) is 60.6 Å². The minimum atomic E-state index is -0.975. The van der Waals surface area contributed by atoms with Crippen LogP contribution in [0.25, 0.3) is 0 Å². The Balaban J connectivity index is 1.24. The lowest BCUT2D eigenvalue weighted by Gasteiger charge is -2.26. The van der Waals surface area contributed by atoms with E-state index in [9.17, 15) is 14.3 Å². The average Bonchev–Trinajstić information content (AvgIpc) is 3.61. The van der Waals surface area contributed by atoms with Crippen LogP contribution in [0.15, 0.2) is 47.2 Å². The van der Waals surface area contributed by atoms with Crippen LogP contribution in [0, 0.1) is 11.7 Å². The van der Waals surface area contributed by atoms with Gasteiger partial charge in [0.15, 0.2) is 0 Å². The number of carboxylic acids is 1. The maximum absolute atomic E-state index is 14.2. The van der Waals surface area contributed by atoms with E-state index in [0.717, 1.165) is 62.2 Å². The Morgan fingerprint density at radius 1 is 1.34 bits per heavy atom. The Hall–Kier alpha value is -2.55. The molecule has 2 fully saturated rings. The van der Waals surface area contributed by atoms with E-state index in [4.69, 9.17) is 14.5 Å². The van der Waals surface area contributed by atoms with Crippen LogP contribution >= 0.6 is 0 Å². The standard InChI is InChI=1S/C30H42FN3O4/c1-3-23-8-6-14-32-29(23)33-21(2)7-4-5-16-38-26-13-15-34(18-26)28(30(35)36)27-17-25(31)12-11-24(27)20-37-19-22-9-10-22/h3,11-12,17,22,26,28,32H,1,4-10,13-16,18-20H2,2H3,(H,35,36)/b33-21+/t26-,28?/m1/s1. The molecule has 2 atom stereocenters. The van der Waals surface area contributed by atoms with E-state index >= 15 is 0 Å². The average molecular weight is 528 g/mol. The largest absolute Gasteiger partial charge is 0.480 e. The lowest BCUT2D eigenvalue weighted by atomic mass is 9.99. The highest BCUT2D eigenvalue weighted by Gasteiger charge is 2.35. The van der Waals surface area contributed by atoms with Crippen molar-refractivity contribution in [1.29, 1.82) is 0 Å². The molecule has 2 N–H and O–H groups in total. The quantitative estimate of drug-likeness (QED) is 0.235. The normalized spacial score (nSPS) is 21.4. The summed E-state index contributed by atoms with van der Waals surface area (Å²) in [5.41, 5.74) is 3.49. The lowest BCUT2D eigenvalue weighted by Crippen LogP contribution is -2.34. The fourth-order valence-corrected chi connectivity index (χ4v) is 5.19. The molecule has 1 saturated heterocycles. The smallest absolute Gasteiger partial charge is 0.325 e. The number of carbonyl (C=O) groups is 1. The summed E-state index contributed by atoms with van der Waals surface area (Å²) < 4.78 is 26.1. The maximum atomic E-state index is 14.2. The van der Waals surface area contributed by atoms with E-state index in [0.29, 0.717) is 44.4 Å². The first-order chi connectivity index (χ1) is 18.4. The summed E-state index contributed by atoms with van der Waals surface area (Å²) >= 11 is 0. The van der Waals surface area contributed by atoms with Gasteiger partial charge in [0.2, 0.25) is 0 Å². The molecule has 0 aromatic heterocycles. The Labute approximate surface area is 225 Å². The number of halogens is 1. The van der Waals surface area contributed by atoms with E-state index in [-0.39, 0.29) is 6.10 Å². The first-order valence-corrected chi connectivity index (χ1v) is 14.0. The van der Waals surface area contributed by atoms with Crippen molar-refractivity contribution >= 4 is 11.7 Å². The second kappa shape index (κ2) is 14.0. The highest BCUT2D eigenvalue weighted by molar-refractivity contribution is 5.83. The molecule has 1 aromatic rings. The molecule has 1 aromatic carbocycles. The van der Waals surface area contributed by atoms with Gasteiger partial charge < -0.3 is 19.9 Å². The molecular weight excluding hydrogens is 485 g/mol. The molecular formula is C30H42FN3O4. The van der Waals surface area contributed by atoms with E-state index in [1.165, 1.54) is 30.5 Å². The lowest BCUT2D eigenvalue weighted by molar-refractivity contribution is -0.143. The number of unbranched alkanes of at least 4 members (excludes halogenated alkanes) is 1. The molecule has 2 aliphatic heterocycles. The predicted molar refractivity (Wildman–Crippen MR) is 147 cm³/mol. The number of aliphatic carboxylic acids is 1. The van der Waals surface area contributed by atoms with E-state index in [2.05, 4.69) is 18.8 Å². The summed E-state index contributed by atoms with van der Waals surface area (Å²) in [7, 11) is 0. The second-order valence-corrected chi connectivity index (χ2v) is 10.7. The summed E-state index contributed by atoms with van der Waals surface area (Å²) in [4.78, 5) is 19.0. The van der Waals surface area contributed by atoms with Crippen LogP contribution in [0.2, 0.25) is 0 Å². The van der Waals surface area contributed by atoms with Crippen LogP contribution < -0.4 is 5.32 Å². The van der Waals surface area contributed by atoms with Gasteiger partial charge in [0.1, 0.15) is 17.7 Å². The predicted octanol–water partition coefficient (Wildman–Crippen LogP) is 5.38. The van der Waals surface area contributed by atoms with Crippen molar-refractivity contribution in [2.24, 2.45) is 10.9 Å². The van der Waals surface area contributed by atoms with Crippen LogP contribution in [0.5, 0.6) is 0 Å². The van der Waals surface area contributed by atoms with E-state index in [1.54, 1.807) is 6.07 Å². The number of allylic oxidation sites excluding steroid dienone is 2. The molecule has 208 valence electrons. The van der Waals surface area contributed by atoms with Gasteiger partial charge >= 0.3 is 5.97 Å². The van der Waals surface area contributed by atoms with Crippen LogP contribution in [0.1, 0.15) is 75.5 Å². The molecule has 8 heteroatoms. The summed E-state index contributed by atoms with van der Waals surface area (Å²) in [6, 6.07) is 3.47. The number of carboxylic acid groups (broad SMARTS) is 1. The monoisotopic (exact) mass is 527 g/mol. The fraction of sp³-hybridized carbons (Fsp3) is 0.600. The van der Waals surface area contributed by atoms with Crippen molar-refractivity contribution in [2.75, 3.05) is 32.8 Å². The fourth-order valence-electron chi connectivity index (χ4n) is 5.19. The van der Waals surface area contributed by atoms with E-state index < -0.39 is 17.8 Å². The summed E-state index contributed by atoms with van der Waals surface area (Å²) in [6.07, 6.45) is 9.93. The third-order valence-corrected chi connectivity index (χ3v) is 7.54. The zero-order chi connectivity index (χ0) is 26.9. The molecule has 0 amide bonds. The number of ether oxygens (including phenoxy) is 2. The molecule has 1 saturated carbocycles. The number of hydrogen-bond acceptors (Lipinski definition) is 6. The maximum Gasteiger partial charge on any atom is 0.325 e. The van der Waals surface area contributed by atoms with Crippen molar-refractivity contribution in [2.45, 2.75) is 77.0 Å². The van der Waals surface area contributed by atoms with Crippen LogP contribution in [-0.2, 0) is 20.9 Å². The number of nitrogens with zero attached hydrogens (tertiary/aromatic N) is 2. The summed E-state index contributed by atoms with van der Waals surface area (Å²) in [5.74, 6) is 0.157. The Kier molecular flexibility index (Phi) is 10.5. The molecule has 2 heterocycles. The van der Waals surface area contributed by atoms with Gasteiger partial charge in [0.05, 0.1) is 12.7 Å². The topological polar surface area (TPSA) is 83.4 Å². The molecule has 1 unspecified atom stereocenters. The summed E-state index contributed by atoms with van der Waals surface area (Å²) in [5, 5.41) is 13.5. The minimum Gasteiger partial charge on any atom is -0.480 e. The van der Waals surface area contributed by atoms with Gasteiger partial charge in [-0.1, -0.05) is 18.7 Å². The third kappa shape index (κ3) is 8.22. The van der Waals surface area contributed by atoms with Crippen molar-refractivity contribution < 1.29 is 23.8 Å². The van der Waals surface area contributed by atoms with Gasteiger partial charge in [-0.05, 0) is 93.0 Å². The zero-order valence-electron chi connectivity index (χ0n) is 22.6. The number of rotatable bonds is 15. The minimum absolute atomic E-state index is 0.0264. The number of hydrogen-bond donors (Lipinski definition) is 2. The molecule has 3 aliphatic rings. The zero-order valence-corrected chi connectivity index (χ0v) is 22.6. The van der Waals surface area contributed by atoms with Gasteiger partial charge in [-0.3, -0.25) is 9.69 Å². The molecule has 0 radical (unpaired) electrons. The summed E-state index contributed by atoms with van der Waals surface area (Å²) in [6.45, 7) is 9.62. The van der Waals surface area contributed by atoms with Gasteiger partial charge in [0.25, 0.3) is 0 Å².